The van der Waals surface area contributed by atoms with Crippen LogP contribution in [0.3, 0.4) is 0 Å². The van der Waals surface area contributed by atoms with Gasteiger partial charge < -0.3 is 9.47 Å². The highest BCUT2D eigenvalue weighted by Gasteiger charge is 2.16. The third kappa shape index (κ3) is 4.46. The Morgan fingerprint density at radius 2 is 0.840 bits per heavy atom. The van der Waals surface area contributed by atoms with Crippen molar-refractivity contribution in [3.63, 3.8) is 0 Å². The second-order valence-electron chi connectivity index (χ2n) is 12.6. The van der Waals surface area contributed by atoms with Crippen molar-refractivity contribution < 1.29 is 0 Å². The SMILES string of the molecule is c1ccc(N(c2ccc(-c3cnc4c5ccccc5c5ccccc5c4n3)cc2)c2ccc(-n3c4ccccc4c4ccccc43)cc2)cc1. The first-order valence-electron chi connectivity index (χ1n) is 16.9. The Morgan fingerprint density at radius 1 is 0.380 bits per heavy atom. The normalized spacial score (nSPS) is 11.6. The minimum absolute atomic E-state index is 0.853. The van der Waals surface area contributed by atoms with Gasteiger partial charge in [0.15, 0.2) is 0 Å². The van der Waals surface area contributed by atoms with Crippen molar-refractivity contribution in [2.45, 2.75) is 0 Å². The summed E-state index contributed by atoms with van der Waals surface area (Å²) in [6, 6.07) is 62.3. The standard InChI is InChI=1S/C46H30N4/c1-2-12-32(13-3-1)49(34-26-28-35(29-27-34)50-43-20-10-8-16-38(43)39-17-9-11-21-44(39)50)33-24-22-31(23-25-33)42-30-47-45-40-18-6-4-14-36(40)37-15-5-7-19-41(37)46(45)48-42/h1-30H. The van der Waals surface area contributed by atoms with Gasteiger partial charge in [0.2, 0.25) is 0 Å². The van der Waals surface area contributed by atoms with Gasteiger partial charge in [-0.1, -0.05) is 115 Å². The molecule has 10 rings (SSSR count). The van der Waals surface area contributed by atoms with E-state index in [-0.39, 0.29) is 0 Å². The van der Waals surface area contributed by atoms with Crippen LogP contribution in [-0.2, 0) is 0 Å². The summed E-state index contributed by atoms with van der Waals surface area (Å²) >= 11 is 0. The lowest BCUT2D eigenvalue weighted by molar-refractivity contribution is 1.17. The van der Waals surface area contributed by atoms with E-state index < -0.39 is 0 Å². The fourth-order valence-electron chi connectivity index (χ4n) is 7.52. The predicted molar refractivity (Wildman–Crippen MR) is 209 cm³/mol. The average Bonchev–Trinajstić information content (AvgIpc) is 3.53. The number of para-hydroxylation sites is 3. The maximum atomic E-state index is 5.21. The zero-order valence-corrected chi connectivity index (χ0v) is 27.1. The molecule has 0 unspecified atom stereocenters. The minimum atomic E-state index is 0.853. The summed E-state index contributed by atoms with van der Waals surface area (Å²) in [6.45, 7) is 0. The van der Waals surface area contributed by atoms with Crippen LogP contribution in [0.15, 0.2) is 182 Å². The van der Waals surface area contributed by atoms with Crippen LogP contribution >= 0.6 is 0 Å². The molecule has 4 nitrogen and oxygen atoms in total. The van der Waals surface area contributed by atoms with Crippen LogP contribution in [0.1, 0.15) is 0 Å². The van der Waals surface area contributed by atoms with E-state index in [9.17, 15) is 0 Å². The molecule has 8 aromatic carbocycles. The Kier molecular flexibility index (Phi) is 6.46. The van der Waals surface area contributed by atoms with Gasteiger partial charge in [-0.2, -0.15) is 0 Å². The van der Waals surface area contributed by atoms with Crippen LogP contribution in [0.2, 0.25) is 0 Å². The molecular formula is C46H30N4. The van der Waals surface area contributed by atoms with Crippen molar-refractivity contribution in [1.82, 2.24) is 14.5 Å². The van der Waals surface area contributed by atoms with E-state index in [1.807, 2.05) is 6.20 Å². The summed E-state index contributed by atoms with van der Waals surface area (Å²) in [7, 11) is 0. The zero-order chi connectivity index (χ0) is 33.0. The van der Waals surface area contributed by atoms with E-state index in [4.69, 9.17) is 9.97 Å². The maximum Gasteiger partial charge on any atom is 0.0979 e. The number of nitrogens with zero attached hydrogens (tertiary/aromatic N) is 4. The molecule has 0 saturated carbocycles. The van der Waals surface area contributed by atoms with Crippen molar-refractivity contribution >= 4 is 71.4 Å². The molecule has 0 aliphatic heterocycles. The first-order chi connectivity index (χ1) is 24.8. The van der Waals surface area contributed by atoms with Gasteiger partial charge in [0.1, 0.15) is 0 Å². The first-order valence-corrected chi connectivity index (χ1v) is 16.9. The van der Waals surface area contributed by atoms with Crippen molar-refractivity contribution in [3.8, 4) is 16.9 Å². The summed E-state index contributed by atoms with van der Waals surface area (Å²) in [5.74, 6) is 0. The second-order valence-corrected chi connectivity index (χ2v) is 12.6. The molecule has 10 aromatic rings. The Labute approximate surface area is 289 Å². The summed E-state index contributed by atoms with van der Waals surface area (Å²) in [6.07, 6.45) is 1.90. The monoisotopic (exact) mass is 638 g/mol. The molecule has 234 valence electrons. The second kappa shape index (κ2) is 11.4. The number of hydrogen-bond donors (Lipinski definition) is 0. The van der Waals surface area contributed by atoms with E-state index in [0.717, 1.165) is 55.8 Å². The molecule has 0 aliphatic carbocycles. The number of hydrogen-bond acceptors (Lipinski definition) is 3. The quantitative estimate of drug-likeness (QED) is 0.176. The van der Waals surface area contributed by atoms with Crippen molar-refractivity contribution in [2.24, 2.45) is 0 Å². The Balaban J connectivity index is 1.05. The van der Waals surface area contributed by atoms with Crippen LogP contribution in [0.25, 0.3) is 71.3 Å². The third-order valence-electron chi connectivity index (χ3n) is 9.81. The molecule has 0 atom stereocenters. The number of fused-ring (bicyclic) bond motifs is 9. The molecule has 50 heavy (non-hydrogen) atoms. The molecule has 0 saturated heterocycles. The molecule has 2 heterocycles. The molecule has 0 aliphatic rings. The molecule has 0 amide bonds. The number of aromatic nitrogens is 3. The lowest BCUT2D eigenvalue weighted by Gasteiger charge is -2.26. The van der Waals surface area contributed by atoms with Crippen molar-refractivity contribution in [3.05, 3.63) is 182 Å². The van der Waals surface area contributed by atoms with Gasteiger partial charge in [-0.15, -0.1) is 0 Å². The van der Waals surface area contributed by atoms with E-state index in [1.165, 1.54) is 32.6 Å². The van der Waals surface area contributed by atoms with Crippen LogP contribution < -0.4 is 4.90 Å². The molecule has 0 bridgehead atoms. The van der Waals surface area contributed by atoms with Gasteiger partial charge in [0, 0.05) is 49.9 Å². The highest BCUT2D eigenvalue weighted by Crippen LogP contribution is 2.38. The maximum absolute atomic E-state index is 5.21. The van der Waals surface area contributed by atoms with Gasteiger partial charge in [-0.25, -0.2) is 4.98 Å². The lowest BCUT2D eigenvalue weighted by Crippen LogP contribution is -2.10. The summed E-state index contributed by atoms with van der Waals surface area (Å²) in [5, 5.41) is 7.16. The van der Waals surface area contributed by atoms with E-state index in [0.29, 0.717) is 0 Å². The fourth-order valence-corrected chi connectivity index (χ4v) is 7.52. The van der Waals surface area contributed by atoms with E-state index >= 15 is 0 Å². The smallest absolute Gasteiger partial charge is 0.0979 e. The lowest BCUT2D eigenvalue weighted by atomic mass is 9.99. The van der Waals surface area contributed by atoms with Gasteiger partial charge in [-0.05, 0) is 71.4 Å². The average molecular weight is 639 g/mol. The van der Waals surface area contributed by atoms with Gasteiger partial charge >= 0.3 is 0 Å². The van der Waals surface area contributed by atoms with Crippen LogP contribution in [-0.4, -0.2) is 14.5 Å². The fraction of sp³-hybridized carbons (Fsp3) is 0. The summed E-state index contributed by atoms with van der Waals surface area (Å²) in [5.41, 5.74) is 10.5. The topological polar surface area (TPSA) is 34.0 Å². The highest BCUT2D eigenvalue weighted by molar-refractivity contribution is 6.23. The highest BCUT2D eigenvalue weighted by atomic mass is 15.1. The molecule has 0 spiro atoms. The largest absolute Gasteiger partial charge is 0.311 e. The van der Waals surface area contributed by atoms with Crippen LogP contribution in [0, 0.1) is 0 Å². The first kappa shape index (κ1) is 28.3. The summed E-state index contributed by atoms with van der Waals surface area (Å²) < 4.78 is 2.35. The number of rotatable bonds is 5. The third-order valence-corrected chi connectivity index (χ3v) is 9.81. The van der Waals surface area contributed by atoms with Crippen molar-refractivity contribution in [2.75, 3.05) is 4.90 Å². The molecule has 4 heteroatoms. The molecule has 2 aromatic heterocycles. The Hall–Kier alpha value is -6.78. The van der Waals surface area contributed by atoms with Crippen LogP contribution in [0.5, 0.6) is 0 Å². The Morgan fingerprint density at radius 3 is 1.44 bits per heavy atom. The summed E-state index contributed by atoms with van der Waals surface area (Å²) in [4.78, 5) is 12.5. The number of anilines is 3. The molecular weight excluding hydrogens is 609 g/mol. The molecule has 0 radical (unpaired) electrons. The molecule has 0 fully saturated rings. The Bertz CT molecular complexity index is 2770. The number of benzene rings is 8. The molecule has 0 N–H and O–H groups in total. The van der Waals surface area contributed by atoms with Gasteiger partial charge in [0.25, 0.3) is 0 Å². The van der Waals surface area contributed by atoms with Crippen molar-refractivity contribution in [1.29, 1.82) is 0 Å². The van der Waals surface area contributed by atoms with E-state index in [2.05, 4.69) is 185 Å². The van der Waals surface area contributed by atoms with E-state index in [1.54, 1.807) is 0 Å². The van der Waals surface area contributed by atoms with Gasteiger partial charge in [0.05, 0.1) is 34.0 Å². The zero-order valence-electron chi connectivity index (χ0n) is 27.1. The predicted octanol–water partition coefficient (Wildman–Crippen LogP) is 12.2. The minimum Gasteiger partial charge on any atom is -0.311 e. The van der Waals surface area contributed by atoms with Crippen LogP contribution in [0.4, 0.5) is 17.1 Å². The van der Waals surface area contributed by atoms with Gasteiger partial charge in [-0.3, -0.25) is 4.98 Å².